The topological polar surface area (TPSA) is 139 Å². The zero-order valence-corrected chi connectivity index (χ0v) is 28.0. The molecule has 5 rings (SSSR count). The van der Waals surface area contributed by atoms with Crippen molar-refractivity contribution in [1.82, 2.24) is 29.7 Å². The maximum Gasteiger partial charge on any atom is 0.404 e. The summed E-state index contributed by atoms with van der Waals surface area (Å²) in [7, 11) is 0. The van der Waals surface area contributed by atoms with Crippen LogP contribution in [0, 0.1) is 0 Å². The molecule has 0 unspecified atom stereocenters. The van der Waals surface area contributed by atoms with E-state index in [1.807, 2.05) is 31.2 Å². The predicted molar refractivity (Wildman–Crippen MR) is 179 cm³/mol. The van der Waals surface area contributed by atoms with Crippen LogP contribution in [-0.2, 0) is 20.8 Å². The summed E-state index contributed by atoms with van der Waals surface area (Å²) in [5.74, 6) is 1.33. The van der Waals surface area contributed by atoms with Crippen LogP contribution in [0.1, 0.15) is 18.9 Å². The number of hydrogen-bond acceptors (Lipinski definition) is 12. The first-order valence-electron chi connectivity index (χ1n) is 15.7. The SMILES string of the molecule is CCOC(=O)CCN1CCN(c2ncc(Oc3cc(CN4CCN(CCOC(N)=O)CC4)cc(-c4cc(Cl)cc(Cl)c4)n3)cn2)CC1. The quantitative estimate of drug-likeness (QED) is 0.261. The van der Waals surface area contributed by atoms with Crippen LogP contribution in [0.25, 0.3) is 11.3 Å². The third-order valence-corrected chi connectivity index (χ3v) is 8.41. The number of anilines is 1. The van der Waals surface area contributed by atoms with Crippen LogP contribution in [0.5, 0.6) is 11.6 Å². The van der Waals surface area contributed by atoms with Gasteiger partial charge in [0.25, 0.3) is 0 Å². The molecule has 4 heterocycles. The zero-order chi connectivity index (χ0) is 33.2. The Labute approximate surface area is 284 Å². The maximum absolute atomic E-state index is 11.7. The summed E-state index contributed by atoms with van der Waals surface area (Å²) >= 11 is 12.7. The van der Waals surface area contributed by atoms with Crippen molar-refractivity contribution in [3.63, 3.8) is 0 Å². The van der Waals surface area contributed by atoms with Gasteiger partial charge in [0.15, 0.2) is 5.75 Å². The van der Waals surface area contributed by atoms with Gasteiger partial charge in [0.05, 0.1) is 31.1 Å². The van der Waals surface area contributed by atoms with Crippen LogP contribution < -0.4 is 15.4 Å². The third kappa shape index (κ3) is 10.6. The van der Waals surface area contributed by atoms with E-state index in [0.29, 0.717) is 66.0 Å². The Kier molecular flexibility index (Phi) is 12.4. The van der Waals surface area contributed by atoms with Crippen molar-refractivity contribution >= 4 is 41.2 Å². The number of nitrogens with two attached hydrogens (primary N) is 1. The fraction of sp³-hybridized carbons (Fsp3) is 0.469. The molecular weight excluding hydrogens is 647 g/mol. The smallest absolute Gasteiger partial charge is 0.404 e. The van der Waals surface area contributed by atoms with Crippen molar-refractivity contribution in [3.05, 3.63) is 58.3 Å². The van der Waals surface area contributed by atoms with Gasteiger partial charge in [0, 0.05) is 93.7 Å². The molecule has 3 aromatic rings. The van der Waals surface area contributed by atoms with Gasteiger partial charge in [0.1, 0.15) is 6.61 Å². The fourth-order valence-corrected chi connectivity index (χ4v) is 6.08. The summed E-state index contributed by atoms with van der Waals surface area (Å²) in [6, 6.07) is 9.28. The molecule has 2 aliphatic heterocycles. The molecule has 2 fully saturated rings. The van der Waals surface area contributed by atoms with Crippen molar-refractivity contribution < 1.29 is 23.8 Å². The van der Waals surface area contributed by atoms with Gasteiger partial charge in [-0.15, -0.1) is 0 Å². The van der Waals surface area contributed by atoms with Crippen molar-refractivity contribution in [2.75, 3.05) is 83.6 Å². The number of amides is 1. The van der Waals surface area contributed by atoms with E-state index in [9.17, 15) is 9.59 Å². The van der Waals surface area contributed by atoms with Crippen LogP contribution >= 0.6 is 23.2 Å². The molecule has 2 N–H and O–H groups in total. The summed E-state index contributed by atoms with van der Waals surface area (Å²) in [6.45, 7) is 11.1. The average molecular weight is 688 g/mol. The maximum atomic E-state index is 11.7. The number of piperazine rings is 2. The van der Waals surface area contributed by atoms with Crippen molar-refractivity contribution in [2.45, 2.75) is 19.9 Å². The molecule has 0 atom stereocenters. The Hall–Kier alpha value is -3.75. The molecule has 0 saturated carbocycles. The second kappa shape index (κ2) is 16.9. The van der Waals surface area contributed by atoms with Crippen LogP contribution in [0.2, 0.25) is 10.0 Å². The van der Waals surface area contributed by atoms with E-state index < -0.39 is 6.09 Å². The fourth-order valence-electron chi connectivity index (χ4n) is 5.56. The number of esters is 1. The lowest BCUT2D eigenvalue weighted by Gasteiger charge is -2.34. The lowest BCUT2D eigenvalue weighted by Crippen LogP contribution is -2.47. The lowest BCUT2D eigenvalue weighted by atomic mass is 10.1. The number of nitrogens with zero attached hydrogens (tertiary/aromatic N) is 7. The molecule has 0 bridgehead atoms. The highest BCUT2D eigenvalue weighted by Crippen LogP contribution is 2.30. The molecule has 1 aromatic carbocycles. The summed E-state index contributed by atoms with van der Waals surface area (Å²) in [5.41, 5.74) is 7.55. The van der Waals surface area contributed by atoms with Gasteiger partial charge >= 0.3 is 12.1 Å². The second-order valence-corrected chi connectivity index (χ2v) is 12.2. The van der Waals surface area contributed by atoms with Crippen molar-refractivity contribution in [1.29, 1.82) is 0 Å². The number of aromatic nitrogens is 3. The first-order valence-corrected chi connectivity index (χ1v) is 16.5. The Morgan fingerprint density at radius 1 is 0.830 bits per heavy atom. The van der Waals surface area contributed by atoms with Gasteiger partial charge in [-0.3, -0.25) is 19.5 Å². The molecule has 0 spiro atoms. The van der Waals surface area contributed by atoms with E-state index in [1.165, 1.54) is 0 Å². The minimum absolute atomic E-state index is 0.165. The monoisotopic (exact) mass is 686 g/mol. The van der Waals surface area contributed by atoms with Gasteiger partial charge < -0.3 is 24.8 Å². The summed E-state index contributed by atoms with van der Waals surface area (Å²) < 4.78 is 16.1. The van der Waals surface area contributed by atoms with E-state index >= 15 is 0 Å². The highest BCUT2D eigenvalue weighted by Gasteiger charge is 2.21. The average Bonchev–Trinajstić information content (AvgIpc) is 3.05. The summed E-state index contributed by atoms with van der Waals surface area (Å²) in [6.07, 6.45) is 2.95. The molecule has 13 nitrogen and oxygen atoms in total. The van der Waals surface area contributed by atoms with Gasteiger partial charge in [0.2, 0.25) is 11.8 Å². The molecule has 15 heteroatoms. The Morgan fingerprint density at radius 3 is 2.13 bits per heavy atom. The molecule has 2 saturated heterocycles. The van der Waals surface area contributed by atoms with Crippen LogP contribution in [0.4, 0.5) is 10.7 Å². The van der Waals surface area contributed by atoms with E-state index in [2.05, 4.69) is 29.6 Å². The Morgan fingerprint density at radius 2 is 1.47 bits per heavy atom. The Bertz CT molecular complexity index is 1480. The number of carbonyl (C=O) groups excluding carboxylic acids is 2. The number of rotatable bonds is 13. The van der Waals surface area contributed by atoms with E-state index in [0.717, 1.165) is 63.5 Å². The van der Waals surface area contributed by atoms with Crippen LogP contribution in [-0.4, -0.2) is 120 Å². The van der Waals surface area contributed by atoms with Gasteiger partial charge in [-0.2, -0.15) is 0 Å². The molecule has 47 heavy (non-hydrogen) atoms. The second-order valence-electron chi connectivity index (χ2n) is 11.3. The molecule has 1 amide bonds. The van der Waals surface area contributed by atoms with Crippen molar-refractivity contribution in [2.24, 2.45) is 5.73 Å². The predicted octanol–water partition coefficient (Wildman–Crippen LogP) is 3.93. The number of primary amides is 1. The minimum Gasteiger partial charge on any atom is -0.466 e. The van der Waals surface area contributed by atoms with Gasteiger partial charge in [-0.25, -0.2) is 19.7 Å². The lowest BCUT2D eigenvalue weighted by molar-refractivity contribution is -0.143. The highest BCUT2D eigenvalue weighted by molar-refractivity contribution is 6.35. The van der Waals surface area contributed by atoms with Gasteiger partial charge in [-0.05, 0) is 36.8 Å². The number of ether oxygens (including phenoxy) is 3. The summed E-state index contributed by atoms with van der Waals surface area (Å²) in [4.78, 5) is 45.4. The Balaban J connectivity index is 1.23. The number of pyridine rings is 1. The molecule has 0 radical (unpaired) electrons. The molecule has 0 aliphatic carbocycles. The van der Waals surface area contributed by atoms with E-state index in [4.69, 9.17) is 48.1 Å². The first-order chi connectivity index (χ1) is 22.7. The standard InChI is InChI=1S/C32H40Cl2N8O5/c1-2-45-30(43)3-4-39-9-11-42(12-10-39)32-36-20-27(21-37-32)47-29-16-23(15-28(38-29)24-17-25(33)19-26(34)18-24)22-41-7-5-40(6-8-41)13-14-46-31(35)44/h15-21H,2-14,22H2,1H3,(H2,35,44). The largest absolute Gasteiger partial charge is 0.466 e. The normalized spacial score (nSPS) is 16.2. The highest BCUT2D eigenvalue weighted by atomic mass is 35.5. The molecule has 252 valence electrons. The first kappa shape index (κ1) is 34.6. The molecular formula is C32H40Cl2N8O5. The van der Waals surface area contributed by atoms with Crippen molar-refractivity contribution in [3.8, 4) is 22.9 Å². The van der Waals surface area contributed by atoms with E-state index in [-0.39, 0.29) is 12.6 Å². The zero-order valence-electron chi connectivity index (χ0n) is 26.4. The van der Waals surface area contributed by atoms with Crippen LogP contribution in [0.3, 0.4) is 0 Å². The number of hydrogen-bond donors (Lipinski definition) is 1. The minimum atomic E-state index is -0.752. The molecule has 2 aromatic heterocycles. The van der Waals surface area contributed by atoms with Gasteiger partial charge in [-0.1, -0.05) is 23.2 Å². The molecule has 2 aliphatic rings. The van der Waals surface area contributed by atoms with Crippen LogP contribution in [0.15, 0.2) is 42.7 Å². The van der Waals surface area contributed by atoms with E-state index in [1.54, 1.807) is 18.5 Å². The summed E-state index contributed by atoms with van der Waals surface area (Å²) in [5, 5.41) is 1.03. The third-order valence-electron chi connectivity index (χ3n) is 7.97. The number of benzene rings is 1. The number of halogens is 2. The number of carbonyl (C=O) groups is 2.